The number of carboxylic acid groups (broad SMARTS) is 1. The number of hydrogen-bond donors (Lipinski definition) is 3. The third kappa shape index (κ3) is 1.29. The quantitative estimate of drug-likeness (QED) is 0.458. The number of phenolic OH excluding ortho intramolecular Hbond substituents is 1. The molecular weight excluding hydrogens is 182 g/mol. The highest BCUT2D eigenvalue weighted by Crippen LogP contribution is 2.32. The van der Waals surface area contributed by atoms with Gasteiger partial charge in [0.25, 0.3) is 0 Å². The maximum Gasteiger partial charge on any atom is 0.337 e. The minimum Gasteiger partial charge on any atom is -0.504 e. The first-order valence-corrected chi connectivity index (χ1v) is 3.42. The van der Waals surface area contributed by atoms with Gasteiger partial charge in [-0.1, -0.05) is 11.6 Å². The van der Waals surface area contributed by atoms with Gasteiger partial charge in [-0.15, -0.1) is 0 Å². The van der Waals surface area contributed by atoms with E-state index in [1.807, 2.05) is 0 Å². The maximum absolute atomic E-state index is 10.4. The van der Waals surface area contributed by atoms with E-state index < -0.39 is 11.7 Å². The van der Waals surface area contributed by atoms with Gasteiger partial charge in [0.15, 0.2) is 5.75 Å². The maximum atomic E-state index is 10.4. The van der Waals surface area contributed by atoms with Crippen molar-refractivity contribution in [3.05, 3.63) is 22.7 Å². The summed E-state index contributed by atoms with van der Waals surface area (Å²) in [5, 5.41) is 17.4. The molecule has 0 aliphatic rings. The number of aromatic hydroxyl groups is 1. The first kappa shape index (κ1) is 8.67. The van der Waals surface area contributed by atoms with Crippen LogP contribution in [-0.2, 0) is 0 Å². The first-order valence-electron chi connectivity index (χ1n) is 3.04. The molecule has 0 atom stereocenters. The summed E-state index contributed by atoms with van der Waals surface area (Å²) in [7, 11) is 0. The third-order valence-electron chi connectivity index (χ3n) is 1.38. The fourth-order valence-corrected chi connectivity index (χ4v) is 0.998. The molecule has 1 aromatic rings. The molecule has 64 valence electrons. The van der Waals surface area contributed by atoms with Gasteiger partial charge in [0.1, 0.15) is 0 Å². The zero-order valence-corrected chi connectivity index (χ0v) is 6.67. The topological polar surface area (TPSA) is 83.6 Å². The Balaban J connectivity index is 3.36. The zero-order valence-electron chi connectivity index (χ0n) is 5.91. The number of carboxylic acids is 1. The second kappa shape index (κ2) is 2.91. The van der Waals surface area contributed by atoms with Gasteiger partial charge in [-0.25, -0.2) is 4.79 Å². The van der Waals surface area contributed by atoms with Crippen molar-refractivity contribution in [1.29, 1.82) is 0 Å². The lowest BCUT2D eigenvalue weighted by molar-refractivity contribution is 0.0696. The summed E-state index contributed by atoms with van der Waals surface area (Å²) in [6, 6.07) is 2.52. The molecule has 0 saturated carbocycles. The normalized spacial score (nSPS) is 9.75. The number of halogens is 1. The molecule has 4 N–H and O–H groups in total. The van der Waals surface area contributed by atoms with Crippen LogP contribution in [0.2, 0.25) is 5.02 Å². The van der Waals surface area contributed by atoms with Gasteiger partial charge < -0.3 is 15.9 Å². The second-order valence-corrected chi connectivity index (χ2v) is 2.55. The molecule has 0 fully saturated rings. The van der Waals surface area contributed by atoms with E-state index in [0.717, 1.165) is 0 Å². The van der Waals surface area contributed by atoms with E-state index in [1.165, 1.54) is 12.1 Å². The molecule has 0 aliphatic heterocycles. The molecule has 4 nitrogen and oxygen atoms in total. The number of rotatable bonds is 1. The fraction of sp³-hybridized carbons (Fsp3) is 0. The lowest BCUT2D eigenvalue weighted by Crippen LogP contribution is -1.98. The zero-order chi connectivity index (χ0) is 9.30. The molecule has 0 heterocycles. The standard InChI is InChI=1S/C7H6ClNO3/c8-5-3(7(11)12)1-2-4(9)6(5)10/h1-2,10H,9H2,(H,11,12). The summed E-state index contributed by atoms with van der Waals surface area (Å²) in [6.07, 6.45) is 0. The fourth-order valence-electron chi connectivity index (χ4n) is 0.745. The Morgan fingerprint density at radius 3 is 2.58 bits per heavy atom. The highest BCUT2D eigenvalue weighted by atomic mass is 35.5. The number of nitrogen functional groups attached to an aromatic ring is 1. The number of carbonyl (C=O) groups is 1. The Morgan fingerprint density at radius 2 is 2.08 bits per heavy atom. The number of benzene rings is 1. The van der Waals surface area contributed by atoms with Crippen molar-refractivity contribution in [3.63, 3.8) is 0 Å². The predicted octanol–water partition coefficient (Wildman–Crippen LogP) is 1.33. The number of anilines is 1. The monoisotopic (exact) mass is 187 g/mol. The van der Waals surface area contributed by atoms with Crippen molar-refractivity contribution < 1.29 is 15.0 Å². The molecule has 1 rings (SSSR count). The van der Waals surface area contributed by atoms with Crippen molar-refractivity contribution in [2.24, 2.45) is 0 Å². The van der Waals surface area contributed by atoms with E-state index >= 15 is 0 Å². The van der Waals surface area contributed by atoms with Gasteiger partial charge in [-0.05, 0) is 12.1 Å². The Labute approximate surface area is 73.2 Å². The van der Waals surface area contributed by atoms with E-state index in [-0.39, 0.29) is 16.3 Å². The van der Waals surface area contributed by atoms with Crippen LogP contribution in [0.5, 0.6) is 5.75 Å². The van der Waals surface area contributed by atoms with Crippen LogP contribution in [0.3, 0.4) is 0 Å². The smallest absolute Gasteiger partial charge is 0.337 e. The van der Waals surface area contributed by atoms with Crippen LogP contribution in [0.25, 0.3) is 0 Å². The summed E-state index contributed by atoms with van der Waals surface area (Å²) in [6.45, 7) is 0. The summed E-state index contributed by atoms with van der Waals surface area (Å²) in [5.41, 5.74) is 5.16. The summed E-state index contributed by atoms with van der Waals surface area (Å²) in [4.78, 5) is 10.4. The van der Waals surface area contributed by atoms with Crippen molar-refractivity contribution in [2.45, 2.75) is 0 Å². The highest BCUT2D eigenvalue weighted by Gasteiger charge is 2.13. The van der Waals surface area contributed by atoms with Gasteiger partial charge in [0, 0.05) is 0 Å². The summed E-state index contributed by atoms with van der Waals surface area (Å²) >= 11 is 5.48. The minimum absolute atomic E-state index is 0.0602. The van der Waals surface area contributed by atoms with E-state index in [4.69, 9.17) is 27.5 Å². The Morgan fingerprint density at radius 1 is 1.50 bits per heavy atom. The summed E-state index contributed by atoms with van der Waals surface area (Å²) < 4.78 is 0. The van der Waals surface area contributed by atoms with Crippen molar-refractivity contribution in [3.8, 4) is 5.75 Å². The minimum atomic E-state index is -1.20. The van der Waals surface area contributed by atoms with Crippen LogP contribution < -0.4 is 5.73 Å². The van der Waals surface area contributed by atoms with Crippen LogP contribution in [0.1, 0.15) is 10.4 Å². The van der Waals surface area contributed by atoms with Gasteiger partial charge in [0.05, 0.1) is 16.3 Å². The first-order chi connectivity index (χ1) is 5.54. The van der Waals surface area contributed by atoms with Crippen LogP contribution in [0, 0.1) is 0 Å². The van der Waals surface area contributed by atoms with E-state index in [2.05, 4.69) is 0 Å². The Kier molecular flexibility index (Phi) is 2.10. The van der Waals surface area contributed by atoms with Gasteiger partial charge in [-0.2, -0.15) is 0 Å². The molecule has 1 aromatic carbocycles. The molecule has 12 heavy (non-hydrogen) atoms. The van der Waals surface area contributed by atoms with Crippen LogP contribution in [0.15, 0.2) is 12.1 Å². The molecular formula is C7H6ClNO3. The van der Waals surface area contributed by atoms with Crippen LogP contribution in [-0.4, -0.2) is 16.2 Å². The molecule has 0 amide bonds. The van der Waals surface area contributed by atoms with E-state index in [0.29, 0.717) is 0 Å². The van der Waals surface area contributed by atoms with Crippen LogP contribution >= 0.6 is 11.6 Å². The van der Waals surface area contributed by atoms with Crippen molar-refractivity contribution >= 4 is 23.3 Å². The predicted molar refractivity (Wildman–Crippen MR) is 44.5 cm³/mol. The van der Waals surface area contributed by atoms with Gasteiger partial charge >= 0.3 is 5.97 Å². The molecule has 0 aromatic heterocycles. The molecule has 0 spiro atoms. The largest absolute Gasteiger partial charge is 0.504 e. The molecule has 0 saturated heterocycles. The van der Waals surface area contributed by atoms with Crippen molar-refractivity contribution in [2.75, 3.05) is 5.73 Å². The molecule has 0 radical (unpaired) electrons. The third-order valence-corrected chi connectivity index (χ3v) is 1.76. The SMILES string of the molecule is Nc1ccc(C(=O)O)c(Cl)c1O. The lowest BCUT2D eigenvalue weighted by Gasteiger charge is -2.03. The average molecular weight is 188 g/mol. The Hall–Kier alpha value is -1.42. The Bertz CT molecular complexity index is 338. The van der Waals surface area contributed by atoms with Gasteiger partial charge in [0.2, 0.25) is 0 Å². The van der Waals surface area contributed by atoms with Crippen molar-refractivity contribution in [1.82, 2.24) is 0 Å². The molecule has 0 aliphatic carbocycles. The number of nitrogens with two attached hydrogens (primary N) is 1. The summed E-state index contributed by atoms with van der Waals surface area (Å²) in [5.74, 6) is -1.59. The number of hydrogen-bond acceptors (Lipinski definition) is 3. The molecule has 0 unspecified atom stereocenters. The van der Waals surface area contributed by atoms with Crippen LogP contribution in [0.4, 0.5) is 5.69 Å². The molecule has 5 heteroatoms. The number of aromatic carboxylic acids is 1. The second-order valence-electron chi connectivity index (χ2n) is 2.17. The van der Waals surface area contributed by atoms with E-state index in [9.17, 15) is 4.79 Å². The van der Waals surface area contributed by atoms with E-state index in [1.54, 1.807) is 0 Å². The average Bonchev–Trinajstić information content (AvgIpc) is 2.00. The van der Waals surface area contributed by atoms with Gasteiger partial charge in [-0.3, -0.25) is 0 Å². The number of phenols is 1. The lowest BCUT2D eigenvalue weighted by atomic mass is 10.2. The molecule has 0 bridgehead atoms. The highest BCUT2D eigenvalue weighted by molar-refractivity contribution is 6.35.